The van der Waals surface area contributed by atoms with Crippen LogP contribution in [0.1, 0.15) is 38.4 Å². The number of rotatable bonds is 5. The van der Waals surface area contributed by atoms with E-state index < -0.39 is 0 Å². The number of likely N-dealkylation sites (tertiary alicyclic amines) is 1. The van der Waals surface area contributed by atoms with Crippen LogP contribution in [0.3, 0.4) is 0 Å². The molecule has 1 aliphatic carbocycles. The fourth-order valence-electron chi connectivity index (χ4n) is 3.09. The van der Waals surface area contributed by atoms with Crippen LogP contribution in [0.2, 0.25) is 0 Å². The molecule has 6 nitrogen and oxygen atoms in total. The molecule has 2 heterocycles. The molecule has 1 unspecified atom stereocenters. The number of nitrogens with zero attached hydrogens (tertiary/aromatic N) is 5. The second-order valence-corrected chi connectivity index (χ2v) is 6.03. The van der Waals surface area contributed by atoms with Crippen molar-refractivity contribution in [3.05, 3.63) is 12.2 Å². The van der Waals surface area contributed by atoms with E-state index in [-0.39, 0.29) is 5.91 Å². The maximum Gasteiger partial charge on any atom is 0.219 e. The van der Waals surface area contributed by atoms with Crippen LogP contribution in [0.5, 0.6) is 0 Å². The van der Waals surface area contributed by atoms with E-state index in [1.807, 2.05) is 11.6 Å². The van der Waals surface area contributed by atoms with Crippen molar-refractivity contribution in [1.29, 1.82) is 0 Å². The van der Waals surface area contributed by atoms with E-state index in [0.717, 1.165) is 25.5 Å². The SMILES string of the molecule is CC(=O)N(CC1CCCN1Cc1nncn1C)C1CC1. The van der Waals surface area contributed by atoms with Gasteiger partial charge in [0.1, 0.15) is 12.2 Å². The van der Waals surface area contributed by atoms with Gasteiger partial charge in [0.05, 0.1) is 6.54 Å². The van der Waals surface area contributed by atoms with Gasteiger partial charge < -0.3 is 9.47 Å². The van der Waals surface area contributed by atoms with Crippen molar-refractivity contribution in [3.63, 3.8) is 0 Å². The molecule has 1 aliphatic heterocycles. The Balaban J connectivity index is 1.63. The summed E-state index contributed by atoms with van der Waals surface area (Å²) in [7, 11) is 1.98. The average molecular weight is 277 g/mol. The van der Waals surface area contributed by atoms with Crippen LogP contribution >= 0.6 is 0 Å². The van der Waals surface area contributed by atoms with E-state index in [9.17, 15) is 4.79 Å². The first-order valence-corrected chi connectivity index (χ1v) is 7.49. The van der Waals surface area contributed by atoms with E-state index in [1.54, 1.807) is 13.3 Å². The molecule has 0 spiro atoms. The Labute approximate surface area is 119 Å². The van der Waals surface area contributed by atoms with E-state index in [2.05, 4.69) is 20.0 Å². The molecule has 1 saturated heterocycles. The van der Waals surface area contributed by atoms with Gasteiger partial charge in [-0.25, -0.2) is 0 Å². The molecular formula is C14H23N5O. The van der Waals surface area contributed by atoms with Gasteiger partial charge in [0.25, 0.3) is 0 Å². The van der Waals surface area contributed by atoms with Crippen molar-refractivity contribution in [2.45, 2.75) is 51.2 Å². The zero-order valence-corrected chi connectivity index (χ0v) is 12.3. The standard InChI is InChI=1S/C14H23N5O/c1-11(20)19(12-5-6-12)8-13-4-3-7-18(13)9-14-16-15-10-17(14)2/h10,12-13H,3-9H2,1-2H3. The van der Waals surface area contributed by atoms with Crippen LogP contribution in [0.25, 0.3) is 0 Å². The Morgan fingerprint density at radius 3 is 2.85 bits per heavy atom. The van der Waals surface area contributed by atoms with Crippen molar-refractivity contribution in [2.24, 2.45) is 7.05 Å². The monoisotopic (exact) mass is 277 g/mol. The number of hydrogen-bond acceptors (Lipinski definition) is 4. The number of aryl methyl sites for hydroxylation is 1. The van der Waals surface area contributed by atoms with E-state index in [4.69, 9.17) is 0 Å². The average Bonchev–Trinajstić information content (AvgIpc) is 3.03. The Bertz CT molecular complexity index is 482. The summed E-state index contributed by atoms with van der Waals surface area (Å²) in [6.07, 6.45) is 6.48. The molecule has 0 aromatic carbocycles. The number of aromatic nitrogens is 3. The van der Waals surface area contributed by atoms with Crippen LogP contribution in [0.15, 0.2) is 6.33 Å². The highest BCUT2D eigenvalue weighted by Gasteiger charge is 2.35. The minimum Gasteiger partial charge on any atom is -0.338 e. The number of carbonyl (C=O) groups excluding carboxylic acids is 1. The molecule has 20 heavy (non-hydrogen) atoms. The first-order chi connectivity index (χ1) is 9.65. The van der Waals surface area contributed by atoms with Crippen molar-refractivity contribution < 1.29 is 4.79 Å². The van der Waals surface area contributed by atoms with Crippen LogP contribution in [-0.2, 0) is 18.4 Å². The molecule has 0 radical (unpaired) electrons. The van der Waals surface area contributed by atoms with Gasteiger partial charge in [-0.05, 0) is 32.2 Å². The van der Waals surface area contributed by atoms with E-state index >= 15 is 0 Å². The summed E-state index contributed by atoms with van der Waals surface area (Å²) in [5.41, 5.74) is 0. The summed E-state index contributed by atoms with van der Waals surface area (Å²) in [6.45, 7) is 4.49. The minimum absolute atomic E-state index is 0.220. The van der Waals surface area contributed by atoms with Crippen molar-refractivity contribution in [3.8, 4) is 0 Å². The summed E-state index contributed by atoms with van der Waals surface area (Å²) in [4.78, 5) is 16.3. The molecular weight excluding hydrogens is 254 g/mol. The third-order valence-corrected chi connectivity index (χ3v) is 4.45. The van der Waals surface area contributed by atoms with Gasteiger partial charge in [-0.2, -0.15) is 0 Å². The first-order valence-electron chi connectivity index (χ1n) is 7.49. The Morgan fingerprint density at radius 2 is 2.25 bits per heavy atom. The summed E-state index contributed by atoms with van der Waals surface area (Å²) >= 11 is 0. The lowest BCUT2D eigenvalue weighted by Gasteiger charge is -2.30. The third kappa shape index (κ3) is 2.85. The normalized spacial score (nSPS) is 23.2. The maximum absolute atomic E-state index is 11.8. The summed E-state index contributed by atoms with van der Waals surface area (Å²) in [6, 6.07) is 0.973. The third-order valence-electron chi connectivity index (χ3n) is 4.45. The Kier molecular flexibility index (Phi) is 3.74. The molecule has 1 aromatic rings. The van der Waals surface area contributed by atoms with Gasteiger partial charge in [-0.15, -0.1) is 10.2 Å². The minimum atomic E-state index is 0.220. The fourth-order valence-corrected chi connectivity index (χ4v) is 3.09. The second kappa shape index (κ2) is 5.52. The molecule has 1 amide bonds. The van der Waals surface area contributed by atoms with Gasteiger partial charge in [0.2, 0.25) is 5.91 Å². The highest BCUT2D eigenvalue weighted by Crippen LogP contribution is 2.29. The topological polar surface area (TPSA) is 54.3 Å². The molecule has 110 valence electrons. The predicted octanol–water partition coefficient (Wildman–Crippen LogP) is 0.790. The highest BCUT2D eigenvalue weighted by molar-refractivity contribution is 5.74. The van der Waals surface area contributed by atoms with Crippen molar-refractivity contribution >= 4 is 5.91 Å². The van der Waals surface area contributed by atoms with Crippen molar-refractivity contribution in [2.75, 3.05) is 13.1 Å². The summed E-state index contributed by atoms with van der Waals surface area (Å²) < 4.78 is 1.97. The lowest BCUT2D eigenvalue weighted by Crippen LogP contribution is -2.43. The maximum atomic E-state index is 11.8. The summed E-state index contributed by atoms with van der Waals surface area (Å²) in [5, 5.41) is 8.10. The Morgan fingerprint density at radius 1 is 1.45 bits per heavy atom. The Hall–Kier alpha value is -1.43. The van der Waals surface area contributed by atoms with E-state index in [1.165, 1.54) is 25.7 Å². The fraction of sp³-hybridized carbons (Fsp3) is 0.786. The number of carbonyl (C=O) groups is 1. The highest BCUT2D eigenvalue weighted by atomic mass is 16.2. The molecule has 0 N–H and O–H groups in total. The van der Waals surface area contributed by atoms with Gasteiger partial charge >= 0.3 is 0 Å². The smallest absolute Gasteiger partial charge is 0.219 e. The lowest BCUT2D eigenvalue weighted by atomic mass is 10.2. The second-order valence-electron chi connectivity index (χ2n) is 6.03. The number of amides is 1. The van der Waals surface area contributed by atoms with Gasteiger partial charge in [0, 0.05) is 32.6 Å². The predicted molar refractivity (Wildman–Crippen MR) is 74.8 cm³/mol. The molecule has 0 bridgehead atoms. The van der Waals surface area contributed by atoms with Crippen molar-refractivity contribution in [1.82, 2.24) is 24.6 Å². The zero-order valence-electron chi connectivity index (χ0n) is 12.3. The molecule has 1 atom stereocenters. The largest absolute Gasteiger partial charge is 0.338 e. The van der Waals surface area contributed by atoms with Gasteiger partial charge in [-0.1, -0.05) is 0 Å². The zero-order chi connectivity index (χ0) is 14.1. The number of hydrogen-bond donors (Lipinski definition) is 0. The molecule has 1 saturated carbocycles. The first kappa shape index (κ1) is 13.5. The summed E-state index contributed by atoms with van der Waals surface area (Å²) in [5.74, 6) is 1.22. The molecule has 2 fully saturated rings. The molecule has 3 rings (SSSR count). The van der Waals surface area contributed by atoms with Crippen LogP contribution in [-0.4, -0.2) is 55.6 Å². The molecule has 2 aliphatic rings. The van der Waals surface area contributed by atoms with Crippen LogP contribution < -0.4 is 0 Å². The van der Waals surface area contributed by atoms with E-state index in [0.29, 0.717) is 12.1 Å². The van der Waals surface area contributed by atoms with Crippen LogP contribution in [0.4, 0.5) is 0 Å². The van der Waals surface area contributed by atoms with Gasteiger partial charge in [-0.3, -0.25) is 9.69 Å². The molecule has 6 heteroatoms. The quantitative estimate of drug-likeness (QED) is 0.798. The molecule has 1 aromatic heterocycles. The van der Waals surface area contributed by atoms with Crippen LogP contribution in [0, 0.1) is 0 Å². The van der Waals surface area contributed by atoms with Gasteiger partial charge in [0.15, 0.2) is 0 Å². The lowest BCUT2D eigenvalue weighted by molar-refractivity contribution is -0.130.